The first-order valence-electron chi connectivity index (χ1n) is 11.2. The molecule has 0 fully saturated rings. The molecule has 29 heavy (non-hydrogen) atoms. The van der Waals surface area contributed by atoms with Crippen molar-refractivity contribution in [2.75, 3.05) is 5.73 Å². The molecule has 0 aliphatic rings. The molecular weight excluding hydrogens is 350 g/mol. The summed E-state index contributed by atoms with van der Waals surface area (Å²) in [6.45, 7) is 2.28. The summed E-state index contributed by atoms with van der Waals surface area (Å²) >= 11 is 0. The molecule has 146 valence electrons. The molecular formula is C28H29N. The highest BCUT2D eigenvalue weighted by molar-refractivity contribution is 6.35. The normalized spacial score (nSPS) is 12.0. The topological polar surface area (TPSA) is 26.0 Å². The minimum Gasteiger partial charge on any atom is -0.398 e. The van der Waals surface area contributed by atoms with Crippen LogP contribution in [0, 0.1) is 0 Å². The molecule has 0 spiro atoms. The summed E-state index contributed by atoms with van der Waals surface area (Å²) in [7, 11) is 0. The van der Waals surface area contributed by atoms with Gasteiger partial charge in [0.25, 0.3) is 0 Å². The van der Waals surface area contributed by atoms with Crippen molar-refractivity contribution in [3.63, 3.8) is 0 Å². The number of anilines is 1. The Morgan fingerprint density at radius 3 is 2.21 bits per heavy atom. The zero-order valence-corrected chi connectivity index (χ0v) is 17.3. The maximum Gasteiger partial charge on any atom is 0.0400 e. The van der Waals surface area contributed by atoms with Crippen LogP contribution < -0.4 is 5.73 Å². The molecule has 0 aromatic heterocycles. The van der Waals surface area contributed by atoms with Crippen molar-refractivity contribution < 1.29 is 0 Å². The first-order chi connectivity index (χ1) is 14.3. The lowest BCUT2D eigenvalue weighted by Crippen LogP contribution is -1.94. The van der Waals surface area contributed by atoms with Crippen LogP contribution in [0.3, 0.4) is 0 Å². The van der Waals surface area contributed by atoms with Crippen LogP contribution in [-0.2, 0) is 6.42 Å². The first kappa shape index (κ1) is 18.2. The second kappa shape index (κ2) is 7.55. The van der Waals surface area contributed by atoms with Crippen LogP contribution in [0.5, 0.6) is 0 Å². The van der Waals surface area contributed by atoms with Crippen LogP contribution in [0.1, 0.15) is 51.0 Å². The average Bonchev–Trinajstić information content (AvgIpc) is 2.75. The van der Waals surface area contributed by atoms with Gasteiger partial charge in [-0.1, -0.05) is 93.6 Å². The fourth-order valence-corrected chi connectivity index (χ4v) is 5.12. The van der Waals surface area contributed by atoms with Crippen LogP contribution in [0.2, 0.25) is 0 Å². The Balaban J connectivity index is 1.66. The summed E-state index contributed by atoms with van der Waals surface area (Å²) in [5, 5.41) is 10.5. The van der Waals surface area contributed by atoms with Gasteiger partial charge in [0.2, 0.25) is 0 Å². The first-order valence-corrected chi connectivity index (χ1v) is 11.2. The van der Waals surface area contributed by atoms with Crippen LogP contribution in [-0.4, -0.2) is 0 Å². The van der Waals surface area contributed by atoms with E-state index in [9.17, 15) is 0 Å². The maximum atomic E-state index is 6.51. The monoisotopic (exact) mass is 379 g/mol. The maximum absolute atomic E-state index is 6.51. The zero-order valence-electron chi connectivity index (χ0n) is 17.3. The molecule has 5 aromatic carbocycles. The number of unbranched alkanes of at least 4 members (excludes halogenated alkanes) is 5. The van der Waals surface area contributed by atoms with Crippen LogP contribution >= 0.6 is 0 Å². The van der Waals surface area contributed by atoms with Crippen molar-refractivity contribution in [1.82, 2.24) is 0 Å². The number of nitrogen functional groups attached to an aromatic ring is 1. The SMILES string of the molecule is CCCCCCCCc1ccc2c3cccc4ccc(N)c(c5cccc1c25)c43. The van der Waals surface area contributed by atoms with E-state index in [2.05, 4.69) is 67.6 Å². The Labute approximate surface area is 172 Å². The summed E-state index contributed by atoms with van der Waals surface area (Å²) in [6, 6.07) is 22.3. The standard InChI is InChI=1S/C28H29N/c1-2-3-4-5-6-7-10-19-15-17-23-22-13-8-11-20-16-18-25(29)28(26(20)22)24-14-9-12-21(19)27(23)24/h8-9,11-18H,2-7,10,29H2,1H3. The molecule has 0 heterocycles. The second-order valence-electron chi connectivity index (χ2n) is 8.45. The molecule has 0 saturated carbocycles. The van der Waals surface area contributed by atoms with Crippen molar-refractivity contribution >= 4 is 48.8 Å². The number of rotatable bonds is 7. The van der Waals surface area contributed by atoms with Gasteiger partial charge in [0.1, 0.15) is 0 Å². The Morgan fingerprint density at radius 1 is 0.586 bits per heavy atom. The number of fused-ring (bicyclic) bond motifs is 2. The van der Waals surface area contributed by atoms with E-state index in [1.54, 1.807) is 0 Å². The van der Waals surface area contributed by atoms with Crippen molar-refractivity contribution in [2.24, 2.45) is 0 Å². The molecule has 0 atom stereocenters. The van der Waals surface area contributed by atoms with E-state index in [-0.39, 0.29) is 0 Å². The molecule has 0 aliphatic heterocycles. The number of benzene rings is 5. The molecule has 0 saturated heterocycles. The molecule has 0 amide bonds. The van der Waals surface area contributed by atoms with Crippen molar-refractivity contribution in [3.8, 4) is 0 Å². The van der Waals surface area contributed by atoms with Gasteiger partial charge in [0, 0.05) is 11.1 Å². The molecule has 1 heteroatoms. The average molecular weight is 380 g/mol. The molecule has 0 radical (unpaired) electrons. The molecule has 1 nitrogen and oxygen atoms in total. The number of hydrogen-bond donors (Lipinski definition) is 1. The minimum absolute atomic E-state index is 0.879. The summed E-state index contributed by atoms with van der Waals surface area (Å²) in [5.74, 6) is 0. The second-order valence-corrected chi connectivity index (χ2v) is 8.45. The van der Waals surface area contributed by atoms with Crippen LogP contribution in [0.25, 0.3) is 43.1 Å². The predicted octanol–water partition coefficient (Wildman–Crippen LogP) is 8.22. The van der Waals surface area contributed by atoms with E-state index in [4.69, 9.17) is 5.73 Å². The quantitative estimate of drug-likeness (QED) is 0.131. The van der Waals surface area contributed by atoms with E-state index in [1.165, 1.54) is 87.2 Å². The van der Waals surface area contributed by atoms with E-state index in [0.717, 1.165) is 12.1 Å². The number of aryl methyl sites for hydroxylation is 1. The van der Waals surface area contributed by atoms with Gasteiger partial charge in [0.15, 0.2) is 0 Å². The van der Waals surface area contributed by atoms with Gasteiger partial charge in [0.05, 0.1) is 0 Å². The van der Waals surface area contributed by atoms with Gasteiger partial charge in [-0.15, -0.1) is 0 Å². The third kappa shape index (κ3) is 3.00. The van der Waals surface area contributed by atoms with Gasteiger partial charge in [-0.25, -0.2) is 0 Å². The number of nitrogens with two attached hydrogens (primary N) is 1. The van der Waals surface area contributed by atoms with Gasteiger partial charge in [-0.05, 0) is 62.2 Å². The van der Waals surface area contributed by atoms with Crippen molar-refractivity contribution in [1.29, 1.82) is 0 Å². The van der Waals surface area contributed by atoms with Crippen molar-refractivity contribution in [2.45, 2.75) is 51.9 Å². The summed E-state index contributed by atoms with van der Waals surface area (Å²) in [4.78, 5) is 0. The molecule has 0 bridgehead atoms. The van der Waals surface area contributed by atoms with E-state index < -0.39 is 0 Å². The lowest BCUT2D eigenvalue weighted by Gasteiger charge is -2.17. The highest BCUT2D eigenvalue weighted by atomic mass is 14.6. The number of hydrogen-bond acceptors (Lipinski definition) is 1. The fraction of sp³-hybridized carbons (Fsp3) is 0.286. The van der Waals surface area contributed by atoms with E-state index in [1.807, 2.05) is 0 Å². The largest absolute Gasteiger partial charge is 0.398 e. The minimum atomic E-state index is 0.879. The zero-order chi connectivity index (χ0) is 19.8. The highest BCUT2D eigenvalue weighted by Gasteiger charge is 2.15. The molecule has 5 rings (SSSR count). The van der Waals surface area contributed by atoms with E-state index in [0.29, 0.717) is 0 Å². The Bertz CT molecular complexity index is 1300. The summed E-state index contributed by atoms with van der Waals surface area (Å²) in [5.41, 5.74) is 8.87. The van der Waals surface area contributed by atoms with Gasteiger partial charge in [-0.3, -0.25) is 0 Å². The third-order valence-corrected chi connectivity index (χ3v) is 6.57. The Hall–Kier alpha value is -2.80. The van der Waals surface area contributed by atoms with Gasteiger partial charge >= 0.3 is 0 Å². The Morgan fingerprint density at radius 2 is 1.31 bits per heavy atom. The van der Waals surface area contributed by atoms with E-state index >= 15 is 0 Å². The molecule has 2 N–H and O–H groups in total. The van der Waals surface area contributed by atoms with Gasteiger partial charge in [-0.2, -0.15) is 0 Å². The molecule has 0 unspecified atom stereocenters. The molecule has 0 aliphatic carbocycles. The Kier molecular flexibility index (Phi) is 4.75. The van der Waals surface area contributed by atoms with Crippen LogP contribution in [0.4, 0.5) is 5.69 Å². The van der Waals surface area contributed by atoms with Gasteiger partial charge < -0.3 is 5.73 Å². The highest BCUT2D eigenvalue weighted by Crippen LogP contribution is 2.43. The summed E-state index contributed by atoms with van der Waals surface area (Å²) in [6.07, 6.45) is 9.18. The fourth-order valence-electron chi connectivity index (χ4n) is 5.12. The third-order valence-electron chi connectivity index (χ3n) is 6.57. The lowest BCUT2D eigenvalue weighted by molar-refractivity contribution is 0.608. The smallest absolute Gasteiger partial charge is 0.0400 e. The van der Waals surface area contributed by atoms with Crippen LogP contribution in [0.15, 0.2) is 60.7 Å². The van der Waals surface area contributed by atoms with Crippen molar-refractivity contribution in [3.05, 3.63) is 66.2 Å². The predicted molar refractivity (Wildman–Crippen MR) is 129 cm³/mol. The lowest BCUT2D eigenvalue weighted by atomic mass is 9.87. The molecule has 5 aromatic rings. The summed E-state index contributed by atoms with van der Waals surface area (Å²) < 4.78 is 0.